The largest absolute Gasteiger partial charge is 0.491 e. The van der Waals surface area contributed by atoms with E-state index in [4.69, 9.17) is 9.26 Å². The Labute approximate surface area is 144 Å². The Morgan fingerprint density at radius 2 is 1.92 bits per heavy atom. The molecule has 3 rings (SSSR count). The highest BCUT2D eigenvalue weighted by atomic mass is 16.5. The summed E-state index contributed by atoms with van der Waals surface area (Å²) in [7, 11) is 2.18. The van der Waals surface area contributed by atoms with Crippen molar-refractivity contribution in [2.45, 2.75) is 45.6 Å². The number of aromatic nitrogens is 2. The molecule has 0 saturated carbocycles. The van der Waals surface area contributed by atoms with E-state index in [1.807, 2.05) is 26.0 Å². The number of likely N-dealkylation sites (tertiary alicyclic amines) is 1. The quantitative estimate of drug-likeness (QED) is 0.813. The van der Waals surface area contributed by atoms with E-state index in [1.54, 1.807) is 0 Å². The lowest BCUT2D eigenvalue weighted by Gasteiger charge is -2.27. The number of hydrogen-bond acceptors (Lipinski definition) is 5. The van der Waals surface area contributed by atoms with Gasteiger partial charge >= 0.3 is 0 Å². The van der Waals surface area contributed by atoms with E-state index in [0.29, 0.717) is 12.3 Å². The smallest absolute Gasteiger partial charge is 0.226 e. The number of benzene rings is 1. The van der Waals surface area contributed by atoms with Crippen LogP contribution in [0.25, 0.3) is 0 Å². The number of ether oxygens (including phenoxy) is 1. The van der Waals surface area contributed by atoms with Crippen LogP contribution in [0.5, 0.6) is 5.75 Å². The Hall–Kier alpha value is -1.88. The lowest BCUT2D eigenvalue weighted by molar-refractivity contribution is 0.208. The van der Waals surface area contributed by atoms with Crippen LogP contribution in [0.4, 0.5) is 0 Å². The third kappa shape index (κ3) is 4.81. The van der Waals surface area contributed by atoms with Crippen LogP contribution in [0.3, 0.4) is 0 Å². The molecule has 2 aromatic rings. The highest BCUT2D eigenvalue weighted by molar-refractivity contribution is 5.28. The highest BCUT2D eigenvalue weighted by Crippen LogP contribution is 2.21. The van der Waals surface area contributed by atoms with Crippen molar-refractivity contribution in [3.05, 3.63) is 41.5 Å². The van der Waals surface area contributed by atoms with Crippen molar-refractivity contribution in [3.8, 4) is 5.75 Å². The van der Waals surface area contributed by atoms with Crippen LogP contribution in [-0.2, 0) is 12.8 Å². The molecule has 1 saturated heterocycles. The van der Waals surface area contributed by atoms with Crippen molar-refractivity contribution in [1.82, 2.24) is 15.0 Å². The molecule has 5 heteroatoms. The van der Waals surface area contributed by atoms with Gasteiger partial charge in [-0.15, -0.1) is 0 Å². The van der Waals surface area contributed by atoms with Gasteiger partial charge in [0, 0.05) is 12.8 Å². The number of hydrogen-bond donors (Lipinski definition) is 0. The molecule has 130 valence electrons. The average molecular weight is 329 g/mol. The fourth-order valence-corrected chi connectivity index (χ4v) is 3.10. The first-order valence-electron chi connectivity index (χ1n) is 8.84. The highest BCUT2D eigenvalue weighted by Gasteiger charge is 2.19. The molecule has 1 aromatic heterocycles. The van der Waals surface area contributed by atoms with Gasteiger partial charge in [-0.1, -0.05) is 17.3 Å². The molecule has 0 N–H and O–H groups in total. The summed E-state index contributed by atoms with van der Waals surface area (Å²) in [5.41, 5.74) is 1.16. The van der Waals surface area contributed by atoms with Crippen LogP contribution in [0, 0.1) is 5.92 Å². The summed E-state index contributed by atoms with van der Waals surface area (Å²) in [5, 5.41) is 4.13. The van der Waals surface area contributed by atoms with Crippen molar-refractivity contribution in [2.75, 3.05) is 20.1 Å². The second kappa shape index (κ2) is 7.79. The Morgan fingerprint density at radius 3 is 2.58 bits per heavy atom. The lowest BCUT2D eigenvalue weighted by Crippen LogP contribution is -2.30. The van der Waals surface area contributed by atoms with Crippen molar-refractivity contribution in [1.29, 1.82) is 0 Å². The van der Waals surface area contributed by atoms with E-state index in [0.717, 1.165) is 42.5 Å². The topological polar surface area (TPSA) is 51.4 Å². The Morgan fingerprint density at radius 1 is 1.21 bits per heavy atom. The summed E-state index contributed by atoms with van der Waals surface area (Å²) in [6.07, 6.45) is 4.22. The number of piperidine rings is 1. The second-order valence-electron chi connectivity index (χ2n) is 7.04. The molecule has 0 spiro atoms. The van der Waals surface area contributed by atoms with Gasteiger partial charge in [-0.25, -0.2) is 0 Å². The lowest BCUT2D eigenvalue weighted by atomic mass is 9.94. The summed E-state index contributed by atoms with van der Waals surface area (Å²) in [5.74, 6) is 3.10. The van der Waals surface area contributed by atoms with Crippen LogP contribution in [0.2, 0.25) is 0 Å². The molecule has 0 amide bonds. The third-order valence-electron chi connectivity index (χ3n) is 4.47. The van der Waals surface area contributed by atoms with Gasteiger partial charge < -0.3 is 14.2 Å². The first-order valence-corrected chi connectivity index (χ1v) is 8.84. The van der Waals surface area contributed by atoms with E-state index >= 15 is 0 Å². The van der Waals surface area contributed by atoms with Crippen LogP contribution in [0.15, 0.2) is 28.8 Å². The maximum absolute atomic E-state index is 5.66. The van der Waals surface area contributed by atoms with E-state index in [-0.39, 0.29) is 6.10 Å². The summed E-state index contributed by atoms with van der Waals surface area (Å²) in [6.45, 7) is 6.38. The predicted molar refractivity (Wildman–Crippen MR) is 93.2 cm³/mol. The van der Waals surface area contributed by atoms with Crippen LogP contribution in [-0.4, -0.2) is 41.3 Å². The van der Waals surface area contributed by atoms with Gasteiger partial charge in [0.15, 0.2) is 5.82 Å². The molecular formula is C19H27N3O2. The molecule has 0 unspecified atom stereocenters. The SMILES string of the molecule is CC(C)Oc1ccc(Cc2noc(CC3CCN(C)CC3)n2)cc1. The summed E-state index contributed by atoms with van der Waals surface area (Å²) < 4.78 is 11.1. The molecule has 0 bridgehead atoms. The Kier molecular flexibility index (Phi) is 5.51. The van der Waals surface area contributed by atoms with Gasteiger partial charge in [0.05, 0.1) is 6.10 Å². The predicted octanol–water partition coefficient (Wildman–Crippen LogP) is 3.33. The summed E-state index contributed by atoms with van der Waals surface area (Å²) >= 11 is 0. The zero-order valence-electron chi connectivity index (χ0n) is 14.9. The van der Waals surface area contributed by atoms with Gasteiger partial charge in [-0.05, 0) is 70.4 Å². The van der Waals surface area contributed by atoms with Crippen LogP contribution < -0.4 is 4.74 Å². The minimum atomic E-state index is 0.190. The third-order valence-corrected chi connectivity index (χ3v) is 4.47. The molecular weight excluding hydrogens is 302 g/mol. The number of rotatable bonds is 6. The summed E-state index contributed by atoms with van der Waals surface area (Å²) in [4.78, 5) is 6.94. The molecule has 1 aliphatic heterocycles. The first kappa shape index (κ1) is 17.0. The Balaban J connectivity index is 1.54. The van der Waals surface area contributed by atoms with Crippen molar-refractivity contribution in [2.24, 2.45) is 5.92 Å². The zero-order valence-corrected chi connectivity index (χ0v) is 14.9. The van der Waals surface area contributed by atoms with Gasteiger partial charge in [0.25, 0.3) is 0 Å². The maximum atomic E-state index is 5.66. The van der Waals surface area contributed by atoms with E-state index in [2.05, 4.69) is 34.2 Å². The monoisotopic (exact) mass is 329 g/mol. The van der Waals surface area contributed by atoms with Crippen LogP contribution in [0.1, 0.15) is 44.0 Å². The van der Waals surface area contributed by atoms with Gasteiger partial charge in [0.2, 0.25) is 5.89 Å². The molecule has 24 heavy (non-hydrogen) atoms. The van der Waals surface area contributed by atoms with E-state index in [1.165, 1.54) is 12.8 Å². The van der Waals surface area contributed by atoms with Crippen LogP contribution >= 0.6 is 0 Å². The van der Waals surface area contributed by atoms with Crippen molar-refractivity contribution in [3.63, 3.8) is 0 Å². The fraction of sp³-hybridized carbons (Fsp3) is 0.579. The molecule has 1 fully saturated rings. The minimum absolute atomic E-state index is 0.190. The molecule has 5 nitrogen and oxygen atoms in total. The maximum Gasteiger partial charge on any atom is 0.226 e. The molecule has 0 atom stereocenters. The van der Waals surface area contributed by atoms with E-state index < -0.39 is 0 Å². The summed E-state index contributed by atoms with van der Waals surface area (Å²) in [6, 6.07) is 8.11. The normalized spacial score (nSPS) is 16.7. The number of nitrogens with zero attached hydrogens (tertiary/aromatic N) is 3. The average Bonchev–Trinajstić information content (AvgIpc) is 2.98. The van der Waals surface area contributed by atoms with E-state index in [9.17, 15) is 0 Å². The minimum Gasteiger partial charge on any atom is -0.491 e. The standard InChI is InChI=1S/C19H27N3O2/c1-14(2)23-17-6-4-15(5-7-17)12-18-20-19(24-21-18)13-16-8-10-22(3)11-9-16/h4-7,14,16H,8-13H2,1-3H3. The zero-order chi connectivity index (χ0) is 16.9. The molecule has 1 aliphatic rings. The molecule has 0 radical (unpaired) electrons. The van der Waals surface area contributed by atoms with Gasteiger partial charge in [-0.3, -0.25) is 0 Å². The second-order valence-corrected chi connectivity index (χ2v) is 7.04. The van der Waals surface area contributed by atoms with Crippen molar-refractivity contribution >= 4 is 0 Å². The Bertz CT molecular complexity index is 628. The van der Waals surface area contributed by atoms with Gasteiger partial charge in [0.1, 0.15) is 5.75 Å². The van der Waals surface area contributed by atoms with Crippen molar-refractivity contribution < 1.29 is 9.26 Å². The fourth-order valence-electron chi connectivity index (χ4n) is 3.10. The molecule has 2 heterocycles. The first-order chi connectivity index (χ1) is 11.6. The molecule has 0 aliphatic carbocycles. The molecule has 1 aromatic carbocycles. The van der Waals surface area contributed by atoms with Gasteiger partial charge in [-0.2, -0.15) is 4.98 Å².